The topological polar surface area (TPSA) is 63.2 Å². The second-order valence-electron chi connectivity index (χ2n) is 4.09. The molecule has 1 aliphatic rings. The number of amides is 1. The summed E-state index contributed by atoms with van der Waals surface area (Å²) < 4.78 is 5.29. The minimum atomic E-state index is -0.0345. The maximum Gasteiger partial charge on any atom is 0.229 e. The second-order valence-corrected chi connectivity index (χ2v) is 4.09. The lowest BCUT2D eigenvalue weighted by atomic mass is 10.0. The molecule has 92 valence electrons. The van der Waals surface area contributed by atoms with Crippen molar-refractivity contribution in [3.63, 3.8) is 0 Å². The molecule has 1 aromatic heterocycles. The lowest BCUT2D eigenvalue weighted by Crippen LogP contribution is -2.30. The average Bonchev–Trinajstić information content (AvgIpc) is 2.40. The normalized spacial score (nSPS) is 19.7. The lowest BCUT2D eigenvalue weighted by Gasteiger charge is -2.21. The molecule has 1 amide bonds. The molecule has 1 fully saturated rings. The van der Waals surface area contributed by atoms with Gasteiger partial charge >= 0.3 is 0 Å². The number of carbonyl (C=O) groups is 1. The Bertz CT molecular complexity index is 372. The van der Waals surface area contributed by atoms with E-state index in [0.717, 1.165) is 31.0 Å². The van der Waals surface area contributed by atoms with Crippen LogP contribution in [-0.4, -0.2) is 31.2 Å². The minimum absolute atomic E-state index is 0.0173. The number of ether oxygens (including phenoxy) is 1. The molecule has 0 aromatic carbocycles. The van der Waals surface area contributed by atoms with E-state index in [4.69, 9.17) is 4.74 Å². The standard InChI is InChI=1S/C12H17N3O2/c1-13-11-5-4-10(7-14-11)15-12(16)9-3-2-6-17-8-9/h4-5,7,9H,2-3,6,8H2,1H3,(H,13,14)(H,15,16). The quantitative estimate of drug-likeness (QED) is 0.833. The van der Waals surface area contributed by atoms with Crippen LogP contribution in [0.4, 0.5) is 11.5 Å². The molecule has 0 saturated carbocycles. The zero-order valence-corrected chi connectivity index (χ0v) is 9.90. The molecule has 0 radical (unpaired) electrons. The highest BCUT2D eigenvalue weighted by atomic mass is 16.5. The zero-order chi connectivity index (χ0) is 12.1. The Hall–Kier alpha value is -1.62. The molecule has 17 heavy (non-hydrogen) atoms. The summed E-state index contributed by atoms with van der Waals surface area (Å²) in [6.45, 7) is 1.29. The molecule has 0 spiro atoms. The van der Waals surface area contributed by atoms with Crippen molar-refractivity contribution in [1.29, 1.82) is 0 Å². The molecule has 0 bridgehead atoms. The van der Waals surface area contributed by atoms with Crippen LogP contribution >= 0.6 is 0 Å². The summed E-state index contributed by atoms with van der Waals surface area (Å²) in [6.07, 6.45) is 3.50. The Morgan fingerprint density at radius 1 is 1.53 bits per heavy atom. The summed E-state index contributed by atoms with van der Waals surface area (Å²) in [7, 11) is 1.81. The Balaban J connectivity index is 1.92. The van der Waals surface area contributed by atoms with Crippen LogP contribution in [0.1, 0.15) is 12.8 Å². The maximum atomic E-state index is 11.9. The molecule has 5 nitrogen and oxygen atoms in total. The van der Waals surface area contributed by atoms with Gasteiger partial charge in [-0.05, 0) is 25.0 Å². The van der Waals surface area contributed by atoms with Gasteiger partial charge in [-0.1, -0.05) is 0 Å². The number of nitrogens with zero attached hydrogens (tertiary/aromatic N) is 1. The van der Waals surface area contributed by atoms with Crippen LogP contribution in [0.15, 0.2) is 18.3 Å². The molecule has 1 saturated heterocycles. The average molecular weight is 235 g/mol. The van der Waals surface area contributed by atoms with Gasteiger partial charge in [-0.3, -0.25) is 4.79 Å². The van der Waals surface area contributed by atoms with Crippen LogP contribution in [0.25, 0.3) is 0 Å². The molecule has 0 aliphatic carbocycles. The van der Waals surface area contributed by atoms with Gasteiger partial charge in [0.05, 0.1) is 24.4 Å². The van der Waals surface area contributed by atoms with E-state index < -0.39 is 0 Å². The lowest BCUT2D eigenvalue weighted by molar-refractivity contribution is -0.123. The molecular weight excluding hydrogens is 218 g/mol. The third kappa shape index (κ3) is 3.17. The van der Waals surface area contributed by atoms with Gasteiger partial charge in [0.2, 0.25) is 5.91 Å². The van der Waals surface area contributed by atoms with Crippen molar-refractivity contribution in [2.75, 3.05) is 30.9 Å². The summed E-state index contributed by atoms with van der Waals surface area (Å²) >= 11 is 0. The first-order valence-electron chi connectivity index (χ1n) is 5.82. The van der Waals surface area contributed by atoms with E-state index in [1.54, 1.807) is 13.2 Å². The van der Waals surface area contributed by atoms with Crippen LogP contribution in [-0.2, 0) is 9.53 Å². The number of nitrogens with one attached hydrogen (secondary N) is 2. The van der Waals surface area contributed by atoms with E-state index in [9.17, 15) is 4.79 Å². The molecule has 2 rings (SSSR count). The molecular formula is C12H17N3O2. The predicted octanol–water partition coefficient (Wildman–Crippen LogP) is 1.49. The van der Waals surface area contributed by atoms with Gasteiger partial charge in [0, 0.05) is 13.7 Å². The SMILES string of the molecule is CNc1ccc(NC(=O)C2CCCOC2)cn1. The Labute approximate surface area is 101 Å². The number of aromatic nitrogens is 1. The van der Waals surface area contributed by atoms with E-state index in [-0.39, 0.29) is 11.8 Å². The fraction of sp³-hybridized carbons (Fsp3) is 0.500. The molecule has 1 unspecified atom stereocenters. The first-order valence-corrected chi connectivity index (χ1v) is 5.82. The fourth-order valence-corrected chi connectivity index (χ4v) is 1.81. The number of rotatable bonds is 3. The third-order valence-electron chi connectivity index (χ3n) is 2.82. The van der Waals surface area contributed by atoms with Gasteiger partial charge in [-0.2, -0.15) is 0 Å². The Kier molecular flexibility index (Phi) is 3.93. The van der Waals surface area contributed by atoms with Crippen molar-refractivity contribution in [2.45, 2.75) is 12.8 Å². The summed E-state index contributed by atoms with van der Waals surface area (Å²) in [5.41, 5.74) is 0.722. The third-order valence-corrected chi connectivity index (χ3v) is 2.82. The first kappa shape index (κ1) is 11.9. The number of hydrogen-bond donors (Lipinski definition) is 2. The number of hydrogen-bond acceptors (Lipinski definition) is 4. The van der Waals surface area contributed by atoms with Crippen LogP contribution in [0.3, 0.4) is 0 Å². The zero-order valence-electron chi connectivity index (χ0n) is 9.90. The largest absolute Gasteiger partial charge is 0.381 e. The molecule has 2 heterocycles. The number of anilines is 2. The van der Waals surface area contributed by atoms with E-state index in [2.05, 4.69) is 15.6 Å². The van der Waals surface area contributed by atoms with Crippen molar-refractivity contribution >= 4 is 17.4 Å². The molecule has 1 aromatic rings. The first-order chi connectivity index (χ1) is 8.29. The van der Waals surface area contributed by atoms with E-state index in [1.807, 2.05) is 12.1 Å². The highest BCUT2D eigenvalue weighted by Gasteiger charge is 2.21. The van der Waals surface area contributed by atoms with Crippen molar-refractivity contribution < 1.29 is 9.53 Å². The van der Waals surface area contributed by atoms with E-state index in [0.29, 0.717) is 6.61 Å². The van der Waals surface area contributed by atoms with Gasteiger partial charge < -0.3 is 15.4 Å². The van der Waals surface area contributed by atoms with Gasteiger partial charge in [-0.25, -0.2) is 4.98 Å². The van der Waals surface area contributed by atoms with Gasteiger partial charge in [0.1, 0.15) is 5.82 Å². The highest BCUT2D eigenvalue weighted by Crippen LogP contribution is 2.16. The molecule has 5 heteroatoms. The van der Waals surface area contributed by atoms with Crippen LogP contribution in [0.5, 0.6) is 0 Å². The van der Waals surface area contributed by atoms with Gasteiger partial charge in [-0.15, -0.1) is 0 Å². The summed E-state index contributed by atoms with van der Waals surface area (Å²) in [5, 5.41) is 5.78. The van der Waals surface area contributed by atoms with Gasteiger partial charge in [0.15, 0.2) is 0 Å². The molecule has 1 aliphatic heterocycles. The van der Waals surface area contributed by atoms with Crippen LogP contribution in [0.2, 0.25) is 0 Å². The Morgan fingerprint density at radius 3 is 3.00 bits per heavy atom. The molecule has 2 N–H and O–H groups in total. The minimum Gasteiger partial charge on any atom is -0.381 e. The van der Waals surface area contributed by atoms with Crippen LogP contribution < -0.4 is 10.6 Å². The highest BCUT2D eigenvalue weighted by molar-refractivity contribution is 5.92. The fourth-order valence-electron chi connectivity index (χ4n) is 1.81. The van der Waals surface area contributed by atoms with Gasteiger partial charge in [0.25, 0.3) is 0 Å². The predicted molar refractivity (Wildman–Crippen MR) is 66.0 cm³/mol. The van der Waals surface area contributed by atoms with E-state index >= 15 is 0 Å². The summed E-state index contributed by atoms with van der Waals surface area (Å²) in [4.78, 5) is 16.0. The summed E-state index contributed by atoms with van der Waals surface area (Å²) in [5.74, 6) is 0.764. The van der Waals surface area contributed by atoms with E-state index in [1.165, 1.54) is 0 Å². The molecule has 1 atom stereocenters. The second kappa shape index (κ2) is 5.63. The van der Waals surface area contributed by atoms with Crippen molar-refractivity contribution in [2.24, 2.45) is 5.92 Å². The van der Waals surface area contributed by atoms with Crippen LogP contribution in [0, 0.1) is 5.92 Å². The Morgan fingerprint density at radius 2 is 2.41 bits per heavy atom. The number of carbonyl (C=O) groups excluding carboxylic acids is 1. The van der Waals surface area contributed by atoms with Crippen molar-refractivity contribution in [3.8, 4) is 0 Å². The van der Waals surface area contributed by atoms with Crippen molar-refractivity contribution in [3.05, 3.63) is 18.3 Å². The maximum absolute atomic E-state index is 11.9. The summed E-state index contributed by atoms with van der Waals surface area (Å²) in [6, 6.07) is 3.66. The number of pyridine rings is 1. The van der Waals surface area contributed by atoms with Crippen molar-refractivity contribution in [1.82, 2.24) is 4.98 Å². The smallest absolute Gasteiger partial charge is 0.229 e. The monoisotopic (exact) mass is 235 g/mol.